The van der Waals surface area contributed by atoms with Gasteiger partial charge in [-0.05, 0) is 71.1 Å². The van der Waals surface area contributed by atoms with Crippen LogP contribution in [0.25, 0.3) is 0 Å². The van der Waals surface area contributed by atoms with E-state index < -0.39 is 0 Å². The Balaban J connectivity index is 1.48. The third kappa shape index (κ3) is 3.74. The van der Waals surface area contributed by atoms with E-state index >= 15 is 0 Å². The molecular weight excluding hydrogens is 442 g/mol. The number of benzene rings is 2. The molecule has 3 nitrogen and oxygen atoms in total. The lowest BCUT2D eigenvalue weighted by molar-refractivity contribution is 0.435. The molecule has 0 saturated carbocycles. The summed E-state index contributed by atoms with van der Waals surface area (Å²) in [6, 6.07) is 14.1. The van der Waals surface area contributed by atoms with Gasteiger partial charge in [-0.15, -0.1) is 0 Å². The van der Waals surface area contributed by atoms with Crippen LogP contribution >= 0.6 is 31.9 Å². The van der Waals surface area contributed by atoms with Crippen molar-refractivity contribution in [2.24, 2.45) is 0 Å². The first-order valence-electron chi connectivity index (χ1n) is 8.90. The van der Waals surface area contributed by atoms with Gasteiger partial charge in [-0.2, -0.15) is 0 Å². The van der Waals surface area contributed by atoms with Gasteiger partial charge in [-0.3, -0.25) is 0 Å². The largest absolute Gasteiger partial charge is 0.384 e. The van der Waals surface area contributed by atoms with Crippen LogP contribution in [-0.4, -0.2) is 25.7 Å². The average molecular weight is 465 g/mol. The first-order valence-corrected chi connectivity index (χ1v) is 10.5. The lowest BCUT2D eigenvalue weighted by Gasteiger charge is -2.31. The maximum atomic E-state index is 3.92. The van der Waals surface area contributed by atoms with E-state index in [2.05, 4.69) is 90.7 Å². The van der Waals surface area contributed by atoms with Gasteiger partial charge in [-0.1, -0.05) is 28.1 Å². The predicted octanol–water partition coefficient (Wildman–Crippen LogP) is 5.25. The summed E-state index contributed by atoms with van der Waals surface area (Å²) in [5.74, 6) is 0. The van der Waals surface area contributed by atoms with Gasteiger partial charge in [0.15, 0.2) is 0 Å². The molecule has 0 aliphatic carbocycles. The SMILES string of the molecule is Cc1cccc(N2CCC(NC3CCNc4c(Br)cc(Br)cc43)C2)c1. The van der Waals surface area contributed by atoms with Gasteiger partial charge in [0.25, 0.3) is 0 Å². The van der Waals surface area contributed by atoms with Crippen molar-refractivity contribution in [3.8, 4) is 0 Å². The van der Waals surface area contributed by atoms with Gasteiger partial charge < -0.3 is 15.5 Å². The third-order valence-corrected chi connectivity index (χ3v) is 6.27. The number of halogens is 2. The van der Waals surface area contributed by atoms with Crippen molar-refractivity contribution in [1.29, 1.82) is 0 Å². The average Bonchev–Trinajstić information content (AvgIpc) is 3.04. The number of nitrogens with zero attached hydrogens (tertiary/aromatic N) is 1. The molecule has 132 valence electrons. The zero-order valence-electron chi connectivity index (χ0n) is 14.4. The molecular formula is C20H23Br2N3. The molecule has 1 fully saturated rings. The molecule has 0 amide bonds. The van der Waals surface area contributed by atoms with Crippen molar-refractivity contribution in [3.05, 3.63) is 56.5 Å². The van der Waals surface area contributed by atoms with Gasteiger partial charge in [-0.25, -0.2) is 0 Å². The van der Waals surface area contributed by atoms with Crippen molar-refractivity contribution < 1.29 is 0 Å². The number of nitrogens with one attached hydrogen (secondary N) is 2. The van der Waals surface area contributed by atoms with Gasteiger partial charge in [0.05, 0.1) is 5.69 Å². The predicted molar refractivity (Wildman–Crippen MR) is 113 cm³/mol. The molecule has 2 heterocycles. The fraction of sp³-hybridized carbons (Fsp3) is 0.400. The van der Waals surface area contributed by atoms with Crippen molar-refractivity contribution in [2.75, 3.05) is 29.9 Å². The molecule has 2 aliphatic rings. The smallest absolute Gasteiger partial charge is 0.0533 e. The number of anilines is 2. The van der Waals surface area contributed by atoms with Crippen LogP contribution in [0.1, 0.15) is 30.0 Å². The Morgan fingerprint density at radius 1 is 1.16 bits per heavy atom. The molecule has 0 bridgehead atoms. The summed E-state index contributed by atoms with van der Waals surface area (Å²) in [6.45, 7) is 5.38. The molecule has 2 N–H and O–H groups in total. The minimum atomic E-state index is 0.410. The minimum absolute atomic E-state index is 0.410. The molecule has 4 rings (SSSR count). The lowest BCUT2D eigenvalue weighted by atomic mass is 9.97. The number of hydrogen-bond donors (Lipinski definition) is 2. The zero-order valence-corrected chi connectivity index (χ0v) is 17.5. The van der Waals surface area contributed by atoms with E-state index in [-0.39, 0.29) is 0 Å². The van der Waals surface area contributed by atoms with E-state index in [1.807, 2.05) is 0 Å². The Morgan fingerprint density at radius 3 is 2.88 bits per heavy atom. The van der Waals surface area contributed by atoms with Crippen LogP contribution in [0.4, 0.5) is 11.4 Å². The zero-order chi connectivity index (χ0) is 17.4. The Hall–Kier alpha value is -1.04. The summed E-state index contributed by atoms with van der Waals surface area (Å²) < 4.78 is 2.26. The fourth-order valence-electron chi connectivity index (χ4n) is 3.96. The van der Waals surface area contributed by atoms with Gasteiger partial charge in [0.1, 0.15) is 0 Å². The topological polar surface area (TPSA) is 27.3 Å². The van der Waals surface area contributed by atoms with Crippen LogP contribution in [0.5, 0.6) is 0 Å². The Morgan fingerprint density at radius 2 is 2.04 bits per heavy atom. The highest BCUT2D eigenvalue weighted by atomic mass is 79.9. The normalized spacial score (nSPS) is 22.6. The van der Waals surface area contributed by atoms with E-state index in [0.717, 1.165) is 35.0 Å². The second-order valence-electron chi connectivity index (χ2n) is 7.06. The van der Waals surface area contributed by atoms with E-state index in [1.54, 1.807) is 0 Å². The second-order valence-corrected chi connectivity index (χ2v) is 8.83. The molecule has 2 atom stereocenters. The van der Waals surface area contributed by atoms with Gasteiger partial charge >= 0.3 is 0 Å². The number of aryl methyl sites for hydroxylation is 1. The highest BCUT2D eigenvalue weighted by Crippen LogP contribution is 2.38. The molecule has 1 saturated heterocycles. The molecule has 2 aromatic rings. The summed E-state index contributed by atoms with van der Waals surface area (Å²) in [4.78, 5) is 2.50. The van der Waals surface area contributed by atoms with Gasteiger partial charge in [0.2, 0.25) is 0 Å². The summed E-state index contributed by atoms with van der Waals surface area (Å²) in [5.41, 5.74) is 5.28. The number of rotatable bonds is 3. The van der Waals surface area contributed by atoms with Crippen LogP contribution < -0.4 is 15.5 Å². The standard InChI is InChI=1S/C20H23Br2N3/c1-13-3-2-4-16(9-13)25-8-6-15(12-25)24-19-5-7-23-20-17(19)10-14(21)11-18(20)22/h2-4,9-11,15,19,23-24H,5-8,12H2,1H3. The van der Waals surface area contributed by atoms with Gasteiger partial charge in [0, 0.05) is 46.4 Å². The highest BCUT2D eigenvalue weighted by Gasteiger charge is 2.28. The summed E-state index contributed by atoms with van der Waals surface area (Å²) in [6.07, 6.45) is 2.32. The van der Waals surface area contributed by atoms with Crippen molar-refractivity contribution in [3.63, 3.8) is 0 Å². The molecule has 2 aliphatic heterocycles. The highest BCUT2D eigenvalue weighted by molar-refractivity contribution is 9.11. The van der Waals surface area contributed by atoms with E-state index in [0.29, 0.717) is 12.1 Å². The molecule has 2 unspecified atom stereocenters. The number of hydrogen-bond acceptors (Lipinski definition) is 3. The second kappa shape index (κ2) is 7.29. The Kier molecular flexibility index (Phi) is 5.07. The summed E-state index contributed by atoms with van der Waals surface area (Å²) in [5, 5.41) is 7.46. The van der Waals surface area contributed by atoms with Crippen LogP contribution in [0.3, 0.4) is 0 Å². The lowest BCUT2D eigenvalue weighted by Crippen LogP contribution is -2.38. The number of fused-ring (bicyclic) bond motifs is 1. The van der Waals surface area contributed by atoms with Crippen LogP contribution in [0, 0.1) is 6.92 Å². The Bertz CT molecular complexity index is 778. The minimum Gasteiger partial charge on any atom is -0.384 e. The molecule has 0 spiro atoms. The van der Waals surface area contributed by atoms with Crippen LogP contribution in [0.15, 0.2) is 45.3 Å². The first kappa shape index (κ1) is 17.4. The monoisotopic (exact) mass is 463 g/mol. The van der Waals surface area contributed by atoms with Crippen molar-refractivity contribution in [2.45, 2.75) is 31.8 Å². The molecule has 5 heteroatoms. The molecule has 2 aromatic carbocycles. The summed E-state index contributed by atoms with van der Waals surface area (Å²) in [7, 11) is 0. The van der Waals surface area contributed by atoms with Crippen LogP contribution in [0.2, 0.25) is 0 Å². The van der Waals surface area contributed by atoms with Crippen molar-refractivity contribution >= 4 is 43.2 Å². The quantitative estimate of drug-likeness (QED) is 0.649. The molecule has 25 heavy (non-hydrogen) atoms. The third-order valence-electron chi connectivity index (χ3n) is 5.19. The Labute approximate surface area is 166 Å². The molecule has 0 aromatic heterocycles. The van der Waals surface area contributed by atoms with Crippen LogP contribution in [-0.2, 0) is 0 Å². The van der Waals surface area contributed by atoms with E-state index in [9.17, 15) is 0 Å². The first-order chi connectivity index (χ1) is 12.1. The maximum Gasteiger partial charge on any atom is 0.0533 e. The molecule has 0 radical (unpaired) electrons. The van der Waals surface area contributed by atoms with Crippen molar-refractivity contribution in [1.82, 2.24) is 5.32 Å². The maximum absolute atomic E-state index is 3.92. The fourth-order valence-corrected chi connectivity index (χ4v) is 5.36. The summed E-state index contributed by atoms with van der Waals surface area (Å²) >= 11 is 7.33. The van der Waals surface area contributed by atoms with E-state index in [1.165, 1.54) is 28.9 Å². The van der Waals surface area contributed by atoms with E-state index in [4.69, 9.17) is 0 Å².